The number of pyridine rings is 1. The molecule has 106 valence electrons. The van der Waals surface area contributed by atoms with Crippen LogP contribution in [0.3, 0.4) is 0 Å². The fourth-order valence-corrected chi connectivity index (χ4v) is 2.41. The molecule has 0 fully saturated rings. The highest BCUT2D eigenvalue weighted by atomic mass is 14.7. The summed E-state index contributed by atoms with van der Waals surface area (Å²) < 4.78 is 0. The molecule has 0 saturated heterocycles. The first-order chi connectivity index (χ1) is 9.67. The van der Waals surface area contributed by atoms with E-state index in [0.717, 1.165) is 12.8 Å². The van der Waals surface area contributed by atoms with E-state index in [9.17, 15) is 0 Å². The second-order valence-corrected chi connectivity index (χ2v) is 5.65. The van der Waals surface area contributed by atoms with Gasteiger partial charge in [0.15, 0.2) is 0 Å². The summed E-state index contributed by atoms with van der Waals surface area (Å²) in [7, 11) is 0. The van der Waals surface area contributed by atoms with Gasteiger partial charge in [0.2, 0.25) is 0 Å². The molecule has 0 bridgehead atoms. The van der Waals surface area contributed by atoms with E-state index in [1.165, 1.54) is 22.5 Å². The van der Waals surface area contributed by atoms with Crippen LogP contribution in [-0.4, -0.2) is 4.98 Å². The van der Waals surface area contributed by atoms with Gasteiger partial charge in [-0.05, 0) is 36.3 Å². The summed E-state index contributed by atoms with van der Waals surface area (Å²) in [6, 6.07) is 15.1. The minimum absolute atomic E-state index is 0.495. The van der Waals surface area contributed by atoms with Crippen LogP contribution in [0.4, 0.5) is 0 Å². The predicted molar refractivity (Wildman–Crippen MR) is 87.1 cm³/mol. The lowest BCUT2D eigenvalue weighted by Crippen LogP contribution is -2.04. The van der Waals surface area contributed by atoms with E-state index in [0.29, 0.717) is 11.8 Å². The van der Waals surface area contributed by atoms with Gasteiger partial charge >= 0.3 is 0 Å². The molecule has 0 radical (unpaired) electrons. The van der Waals surface area contributed by atoms with Crippen LogP contribution in [0.2, 0.25) is 0 Å². The number of hydrogen-bond acceptors (Lipinski definition) is 1. The fraction of sp³-hybridized carbons (Fsp3) is 0.421. The molecule has 2 unspecified atom stereocenters. The van der Waals surface area contributed by atoms with E-state index in [2.05, 4.69) is 70.2 Å². The molecule has 1 heterocycles. The monoisotopic (exact) mass is 267 g/mol. The highest BCUT2D eigenvalue weighted by Gasteiger charge is 2.15. The van der Waals surface area contributed by atoms with Gasteiger partial charge in [0.25, 0.3) is 0 Å². The third-order valence-corrected chi connectivity index (χ3v) is 4.23. The standard InChI is InChI=1S/C19H25N/c1-5-14(3)18-13-12-17(16-10-8-7-9-11-16)19(20-18)15(4)6-2/h7-15H,5-6H2,1-4H3. The van der Waals surface area contributed by atoms with Crippen molar-refractivity contribution in [2.45, 2.75) is 52.4 Å². The maximum absolute atomic E-state index is 4.99. The Hall–Kier alpha value is -1.63. The highest BCUT2D eigenvalue weighted by Crippen LogP contribution is 2.31. The lowest BCUT2D eigenvalue weighted by Gasteiger charge is -2.18. The molecule has 1 nitrogen and oxygen atoms in total. The molecule has 0 amide bonds. The van der Waals surface area contributed by atoms with Crippen molar-refractivity contribution in [3.63, 3.8) is 0 Å². The van der Waals surface area contributed by atoms with Crippen molar-refractivity contribution < 1.29 is 0 Å². The summed E-state index contributed by atoms with van der Waals surface area (Å²) in [4.78, 5) is 4.99. The first-order valence-corrected chi connectivity index (χ1v) is 7.73. The molecule has 0 spiro atoms. The minimum Gasteiger partial charge on any atom is -0.257 e. The maximum Gasteiger partial charge on any atom is 0.0513 e. The summed E-state index contributed by atoms with van der Waals surface area (Å²) in [5, 5.41) is 0. The molecule has 20 heavy (non-hydrogen) atoms. The summed E-state index contributed by atoms with van der Waals surface area (Å²) in [6.07, 6.45) is 2.26. The normalized spacial score (nSPS) is 14.0. The average Bonchev–Trinajstić information content (AvgIpc) is 2.53. The summed E-state index contributed by atoms with van der Waals surface area (Å²) in [5.41, 5.74) is 5.02. The summed E-state index contributed by atoms with van der Waals surface area (Å²) >= 11 is 0. The SMILES string of the molecule is CCC(C)c1ccc(-c2ccccc2)c(C(C)CC)n1. The van der Waals surface area contributed by atoms with Crippen molar-refractivity contribution in [2.75, 3.05) is 0 Å². The average molecular weight is 267 g/mol. The zero-order chi connectivity index (χ0) is 14.5. The number of hydrogen-bond donors (Lipinski definition) is 0. The van der Waals surface area contributed by atoms with Crippen molar-refractivity contribution in [3.8, 4) is 11.1 Å². The second-order valence-electron chi connectivity index (χ2n) is 5.65. The molecule has 1 heteroatoms. The zero-order valence-corrected chi connectivity index (χ0v) is 13.1. The molecule has 0 aliphatic heterocycles. The lowest BCUT2D eigenvalue weighted by atomic mass is 9.93. The van der Waals surface area contributed by atoms with Gasteiger partial charge in [-0.1, -0.05) is 64.1 Å². The smallest absolute Gasteiger partial charge is 0.0513 e. The van der Waals surface area contributed by atoms with E-state index in [1.54, 1.807) is 0 Å². The molecule has 2 atom stereocenters. The number of rotatable bonds is 5. The third-order valence-electron chi connectivity index (χ3n) is 4.23. The van der Waals surface area contributed by atoms with Crippen molar-refractivity contribution in [2.24, 2.45) is 0 Å². The molecule has 2 rings (SSSR count). The molecule has 0 saturated carbocycles. The van der Waals surface area contributed by atoms with Gasteiger partial charge in [-0.15, -0.1) is 0 Å². The van der Waals surface area contributed by atoms with Crippen molar-refractivity contribution >= 4 is 0 Å². The first kappa shape index (κ1) is 14.8. The first-order valence-electron chi connectivity index (χ1n) is 7.73. The number of aromatic nitrogens is 1. The summed E-state index contributed by atoms with van der Waals surface area (Å²) in [5.74, 6) is 1.02. The van der Waals surface area contributed by atoms with Gasteiger partial charge in [0.05, 0.1) is 5.69 Å². The molecular formula is C19H25N. The Morgan fingerprint density at radius 1 is 0.850 bits per heavy atom. The Kier molecular flexibility index (Phi) is 4.94. The number of benzene rings is 1. The Labute approximate surface area is 123 Å². The van der Waals surface area contributed by atoms with E-state index in [4.69, 9.17) is 4.98 Å². The van der Waals surface area contributed by atoms with Crippen LogP contribution in [0.15, 0.2) is 42.5 Å². The molecule has 0 aliphatic carbocycles. The van der Waals surface area contributed by atoms with Crippen LogP contribution in [0.1, 0.15) is 63.8 Å². The van der Waals surface area contributed by atoms with Gasteiger partial charge in [0.1, 0.15) is 0 Å². The molecule has 0 aliphatic rings. The fourth-order valence-electron chi connectivity index (χ4n) is 2.41. The maximum atomic E-state index is 4.99. The van der Waals surface area contributed by atoms with Gasteiger partial charge in [0, 0.05) is 11.3 Å². The summed E-state index contributed by atoms with van der Waals surface area (Å²) in [6.45, 7) is 8.98. The molecule has 2 aromatic rings. The second kappa shape index (κ2) is 6.69. The lowest BCUT2D eigenvalue weighted by molar-refractivity contribution is 0.668. The topological polar surface area (TPSA) is 12.9 Å². The van der Waals surface area contributed by atoms with Gasteiger partial charge in [-0.25, -0.2) is 0 Å². The Balaban J connectivity index is 2.51. The zero-order valence-electron chi connectivity index (χ0n) is 13.1. The van der Waals surface area contributed by atoms with Gasteiger partial charge in [-0.3, -0.25) is 4.98 Å². The quantitative estimate of drug-likeness (QED) is 0.669. The molecule has 1 aromatic carbocycles. The van der Waals surface area contributed by atoms with Crippen LogP contribution < -0.4 is 0 Å². The largest absolute Gasteiger partial charge is 0.257 e. The van der Waals surface area contributed by atoms with Crippen LogP contribution in [0.5, 0.6) is 0 Å². The third kappa shape index (κ3) is 3.09. The molecule has 0 N–H and O–H groups in total. The molecule has 1 aromatic heterocycles. The van der Waals surface area contributed by atoms with Crippen LogP contribution in [0, 0.1) is 0 Å². The van der Waals surface area contributed by atoms with Gasteiger partial charge < -0.3 is 0 Å². The van der Waals surface area contributed by atoms with Gasteiger partial charge in [-0.2, -0.15) is 0 Å². The van der Waals surface area contributed by atoms with Crippen molar-refractivity contribution in [1.82, 2.24) is 4.98 Å². The Morgan fingerprint density at radius 2 is 1.50 bits per heavy atom. The van der Waals surface area contributed by atoms with Crippen LogP contribution in [-0.2, 0) is 0 Å². The van der Waals surface area contributed by atoms with E-state index >= 15 is 0 Å². The van der Waals surface area contributed by atoms with E-state index in [1.807, 2.05) is 0 Å². The highest BCUT2D eigenvalue weighted by molar-refractivity contribution is 5.66. The molecular weight excluding hydrogens is 242 g/mol. The number of nitrogens with zero attached hydrogens (tertiary/aromatic N) is 1. The van der Waals surface area contributed by atoms with E-state index < -0.39 is 0 Å². The predicted octanol–water partition coefficient (Wildman–Crippen LogP) is 5.78. The van der Waals surface area contributed by atoms with E-state index in [-0.39, 0.29) is 0 Å². The minimum atomic E-state index is 0.495. The Bertz CT molecular complexity index is 545. The van der Waals surface area contributed by atoms with Crippen LogP contribution in [0.25, 0.3) is 11.1 Å². The van der Waals surface area contributed by atoms with Crippen molar-refractivity contribution in [3.05, 3.63) is 53.9 Å². The Morgan fingerprint density at radius 3 is 2.10 bits per heavy atom. The van der Waals surface area contributed by atoms with Crippen LogP contribution >= 0.6 is 0 Å². The van der Waals surface area contributed by atoms with Crippen molar-refractivity contribution in [1.29, 1.82) is 0 Å².